The third kappa shape index (κ3) is 2.03. The van der Waals surface area contributed by atoms with Gasteiger partial charge in [0.1, 0.15) is 11.6 Å². The first-order valence-electron chi connectivity index (χ1n) is 5.33. The third-order valence-electron chi connectivity index (χ3n) is 2.63. The molecule has 0 aromatic carbocycles. The number of hydrogen-bond acceptors (Lipinski definition) is 3. The summed E-state index contributed by atoms with van der Waals surface area (Å²) < 4.78 is 0. The first-order valence-corrected chi connectivity index (χ1v) is 5.33. The molecule has 1 aliphatic rings. The average Bonchev–Trinajstić information content (AvgIpc) is 2.18. The van der Waals surface area contributed by atoms with Gasteiger partial charge in [0.25, 0.3) is 0 Å². The quantitative estimate of drug-likeness (QED) is 0.680. The fraction of sp³-hybridized carbons (Fsp3) is 0.636. The lowest BCUT2D eigenvalue weighted by Crippen LogP contribution is -2.30. The topological polar surface area (TPSA) is 29.0 Å². The first kappa shape index (κ1) is 9.44. The Balaban J connectivity index is 2.21. The van der Waals surface area contributed by atoms with Crippen LogP contribution in [-0.4, -0.2) is 23.1 Å². The minimum atomic E-state index is 0.880. The van der Waals surface area contributed by atoms with Gasteiger partial charge in [-0.05, 0) is 33.1 Å². The molecule has 0 N–H and O–H groups in total. The molecule has 0 aliphatic carbocycles. The van der Waals surface area contributed by atoms with Crippen LogP contribution in [0.1, 0.15) is 30.8 Å². The van der Waals surface area contributed by atoms with Gasteiger partial charge in [0, 0.05) is 24.8 Å². The molecule has 2 heterocycles. The number of nitrogens with zero attached hydrogens (tertiary/aromatic N) is 3. The molecule has 0 radical (unpaired) electrons. The molecule has 0 atom stereocenters. The van der Waals surface area contributed by atoms with Crippen molar-refractivity contribution in [3.05, 3.63) is 17.6 Å². The number of anilines is 1. The summed E-state index contributed by atoms with van der Waals surface area (Å²) in [7, 11) is 0. The highest BCUT2D eigenvalue weighted by molar-refractivity contribution is 5.39. The van der Waals surface area contributed by atoms with E-state index in [2.05, 4.69) is 20.9 Å². The van der Waals surface area contributed by atoms with Crippen LogP contribution in [0.5, 0.6) is 0 Å². The van der Waals surface area contributed by atoms with E-state index in [1.165, 1.54) is 19.3 Å². The van der Waals surface area contributed by atoms with Crippen LogP contribution in [0.2, 0.25) is 0 Å². The van der Waals surface area contributed by atoms with Gasteiger partial charge in [-0.1, -0.05) is 0 Å². The Morgan fingerprint density at radius 1 is 1.07 bits per heavy atom. The summed E-state index contributed by atoms with van der Waals surface area (Å²) in [5, 5.41) is 0. The van der Waals surface area contributed by atoms with Gasteiger partial charge in [-0.25, -0.2) is 9.97 Å². The van der Waals surface area contributed by atoms with Gasteiger partial charge in [0.15, 0.2) is 0 Å². The van der Waals surface area contributed by atoms with Crippen molar-refractivity contribution >= 4 is 5.82 Å². The first-order chi connectivity index (χ1) is 6.75. The zero-order valence-electron chi connectivity index (χ0n) is 8.95. The predicted molar refractivity (Wildman–Crippen MR) is 57.6 cm³/mol. The minimum absolute atomic E-state index is 0.880. The molecule has 2 rings (SSSR count). The molecule has 1 aromatic rings. The Bertz CT molecular complexity index is 296. The number of piperidine rings is 1. The van der Waals surface area contributed by atoms with Crippen LogP contribution in [0.25, 0.3) is 0 Å². The minimum Gasteiger partial charge on any atom is -0.357 e. The van der Waals surface area contributed by atoms with Gasteiger partial charge in [-0.2, -0.15) is 0 Å². The van der Waals surface area contributed by atoms with Gasteiger partial charge in [0.2, 0.25) is 0 Å². The van der Waals surface area contributed by atoms with E-state index >= 15 is 0 Å². The number of hydrogen-bond donors (Lipinski definition) is 0. The summed E-state index contributed by atoms with van der Waals surface area (Å²) >= 11 is 0. The van der Waals surface area contributed by atoms with Crippen molar-refractivity contribution in [3.8, 4) is 0 Å². The Kier molecular flexibility index (Phi) is 2.66. The molecule has 0 unspecified atom stereocenters. The molecule has 3 heteroatoms. The fourth-order valence-electron chi connectivity index (χ4n) is 1.98. The zero-order valence-corrected chi connectivity index (χ0v) is 8.95. The van der Waals surface area contributed by atoms with Crippen molar-refractivity contribution in [1.29, 1.82) is 0 Å². The molecule has 76 valence electrons. The van der Waals surface area contributed by atoms with E-state index in [0.29, 0.717) is 0 Å². The van der Waals surface area contributed by atoms with E-state index in [9.17, 15) is 0 Å². The highest BCUT2D eigenvalue weighted by Crippen LogP contribution is 2.17. The summed E-state index contributed by atoms with van der Waals surface area (Å²) in [4.78, 5) is 11.1. The molecule has 0 saturated carbocycles. The van der Waals surface area contributed by atoms with E-state index in [-0.39, 0.29) is 0 Å². The number of rotatable bonds is 1. The van der Waals surface area contributed by atoms with Gasteiger partial charge in [0.05, 0.1) is 0 Å². The van der Waals surface area contributed by atoms with Gasteiger partial charge < -0.3 is 4.90 Å². The molecule has 0 bridgehead atoms. The smallest absolute Gasteiger partial charge is 0.132 e. The van der Waals surface area contributed by atoms with Crippen molar-refractivity contribution in [1.82, 2.24) is 9.97 Å². The van der Waals surface area contributed by atoms with E-state index in [0.717, 1.165) is 30.4 Å². The van der Waals surface area contributed by atoms with E-state index < -0.39 is 0 Å². The van der Waals surface area contributed by atoms with Gasteiger partial charge in [-0.15, -0.1) is 0 Å². The van der Waals surface area contributed by atoms with Gasteiger partial charge in [-0.3, -0.25) is 0 Å². The lowest BCUT2D eigenvalue weighted by Gasteiger charge is -2.27. The van der Waals surface area contributed by atoms with Crippen molar-refractivity contribution < 1.29 is 0 Å². The normalized spacial score (nSPS) is 17.1. The summed E-state index contributed by atoms with van der Waals surface area (Å²) in [6.45, 7) is 6.29. The number of aromatic nitrogens is 2. The van der Waals surface area contributed by atoms with Crippen LogP contribution in [0.3, 0.4) is 0 Å². The molecule has 3 nitrogen and oxygen atoms in total. The second-order valence-electron chi connectivity index (χ2n) is 3.96. The summed E-state index contributed by atoms with van der Waals surface area (Å²) in [5.41, 5.74) is 1.07. The standard InChI is InChI=1S/C11H17N3/c1-9-8-11(13-10(2)12-9)14-6-4-3-5-7-14/h8H,3-7H2,1-2H3. The van der Waals surface area contributed by atoms with Crippen LogP contribution in [0.4, 0.5) is 5.82 Å². The monoisotopic (exact) mass is 191 g/mol. The lowest BCUT2D eigenvalue weighted by atomic mass is 10.1. The predicted octanol–water partition coefficient (Wildman–Crippen LogP) is 2.08. The fourth-order valence-corrected chi connectivity index (χ4v) is 1.98. The van der Waals surface area contributed by atoms with Crippen molar-refractivity contribution in [2.45, 2.75) is 33.1 Å². The molecular formula is C11H17N3. The Morgan fingerprint density at radius 2 is 1.79 bits per heavy atom. The molecule has 1 fully saturated rings. The second-order valence-corrected chi connectivity index (χ2v) is 3.96. The SMILES string of the molecule is Cc1cc(N2CCCCC2)nc(C)n1. The van der Waals surface area contributed by atoms with Crippen molar-refractivity contribution in [2.24, 2.45) is 0 Å². The summed E-state index contributed by atoms with van der Waals surface area (Å²) in [5.74, 6) is 1.99. The van der Waals surface area contributed by atoms with Crippen LogP contribution in [0, 0.1) is 13.8 Å². The lowest BCUT2D eigenvalue weighted by molar-refractivity contribution is 0.572. The second kappa shape index (κ2) is 3.95. The maximum atomic E-state index is 4.47. The Hall–Kier alpha value is -1.12. The highest BCUT2D eigenvalue weighted by atomic mass is 15.2. The third-order valence-corrected chi connectivity index (χ3v) is 2.63. The molecule has 1 saturated heterocycles. The molecular weight excluding hydrogens is 174 g/mol. The maximum Gasteiger partial charge on any atom is 0.132 e. The van der Waals surface area contributed by atoms with E-state index in [1.807, 2.05) is 13.8 Å². The Morgan fingerprint density at radius 3 is 2.43 bits per heavy atom. The van der Waals surface area contributed by atoms with E-state index in [4.69, 9.17) is 0 Å². The highest BCUT2D eigenvalue weighted by Gasteiger charge is 2.12. The average molecular weight is 191 g/mol. The van der Waals surface area contributed by atoms with Crippen LogP contribution in [0.15, 0.2) is 6.07 Å². The molecule has 0 spiro atoms. The number of aryl methyl sites for hydroxylation is 2. The summed E-state index contributed by atoms with van der Waals surface area (Å²) in [6.07, 6.45) is 3.95. The summed E-state index contributed by atoms with van der Waals surface area (Å²) in [6, 6.07) is 2.08. The maximum absolute atomic E-state index is 4.47. The van der Waals surface area contributed by atoms with E-state index in [1.54, 1.807) is 0 Å². The molecule has 14 heavy (non-hydrogen) atoms. The van der Waals surface area contributed by atoms with Crippen LogP contribution in [-0.2, 0) is 0 Å². The van der Waals surface area contributed by atoms with Crippen LogP contribution >= 0.6 is 0 Å². The largest absolute Gasteiger partial charge is 0.357 e. The molecule has 1 aliphatic heterocycles. The van der Waals surface area contributed by atoms with Gasteiger partial charge >= 0.3 is 0 Å². The Labute approximate surface area is 85.2 Å². The zero-order chi connectivity index (χ0) is 9.97. The van der Waals surface area contributed by atoms with Crippen LogP contribution < -0.4 is 4.90 Å². The van der Waals surface area contributed by atoms with Crippen molar-refractivity contribution in [3.63, 3.8) is 0 Å². The molecule has 0 amide bonds. The van der Waals surface area contributed by atoms with Crippen molar-refractivity contribution in [2.75, 3.05) is 18.0 Å². The molecule has 1 aromatic heterocycles.